The van der Waals surface area contributed by atoms with Crippen molar-refractivity contribution in [3.05, 3.63) is 59.2 Å². The van der Waals surface area contributed by atoms with Gasteiger partial charge in [-0.3, -0.25) is 0 Å². The zero-order valence-electron chi connectivity index (χ0n) is 11.4. The Morgan fingerprint density at radius 3 is 2.63 bits per heavy atom. The SMILES string of the molecule is Cc1ccc(N2CCCc3ccccc3C2)cc1N. The third-order valence-corrected chi connectivity index (χ3v) is 3.98. The van der Waals surface area contributed by atoms with Gasteiger partial charge >= 0.3 is 0 Å². The molecule has 2 aromatic carbocycles. The molecule has 2 N–H and O–H groups in total. The van der Waals surface area contributed by atoms with E-state index in [2.05, 4.69) is 54.3 Å². The molecule has 0 atom stereocenters. The fourth-order valence-electron chi connectivity index (χ4n) is 2.75. The van der Waals surface area contributed by atoms with Gasteiger partial charge in [-0.15, -0.1) is 0 Å². The summed E-state index contributed by atoms with van der Waals surface area (Å²) >= 11 is 0. The number of fused-ring (bicyclic) bond motifs is 1. The van der Waals surface area contributed by atoms with Crippen LogP contribution in [0.2, 0.25) is 0 Å². The molecular weight excluding hydrogens is 232 g/mol. The van der Waals surface area contributed by atoms with Crippen molar-refractivity contribution in [1.29, 1.82) is 0 Å². The van der Waals surface area contributed by atoms with Gasteiger partial charge in [-0.05, 0) is 48.6 Å². The van der Waals surface area contributed by atoms with Crippen molar-refractivity contribution in [1.82, 2.24) is 0 Å². The molecule has 0 spiro atoms. The molecule has 2 heteroatoms. The van der Waals surface area contributed by atoms with Crippen LogP contribution in [0.25, 0.3) is 0 Å². The Morgan fingerprint density at radius 2 is 1.84 bits per heavy atom. The van der Waals surface area contributed by atoms with Gasteiger partial charge in [0.05, 0.1) is 0 Å². The second-order valence-electron chi connectivity index (χ2n) is 5.33. The maximum atomic E-state index is 6.03. The van der Waals surface area contributed by atoms with Gasteiger partial charge in [0, 0.05) is 24.5 Å². The normalized spacial score (nSPS) is 14.9. The van der Waals surface area contributed by atoms with Gasteiger partial charge < -0.3 is 10.6 Å². The van der Waals surface area contributed by atoms with E-state index in [1.54, 1.807) is 0 Å². The van der Waals surface area contributed by atoms with Crippen LogP contribution in [-0.4, -0.2) is 6.54 Å². The predicted molar refractivity (Wildman–Crippen MR) is 81.4 cm³/mol. The number of rotatable bonds is 1. The topological polar surface area (TPSA) is 29.3 Å². The molecule has 0 aromatic heterocycles. The molecule has 1 aliphatic heterocycles. The Morgan fingerprint density at radius 1 is 1.05 bits per heavy atom. The molecule has 0 saturated heterocycles. The van der Waals surface area contributed by atoms with Crippen LogP contribution in [0.4, 0.5) is 11.4 Å². The maximum absolute atomic E-state index is 6.03. The molecule has 0 saturated carbocycles. The third kappa shape index (κ3) is 2.43. The average molecular weight is 252 g/mol. The van der Waals surface area contributed by atoms with E-state index in [9.17, 15) is 0 Å². The number of benzene rings is 2. The van der Waals surface area contributed by atoms with Crippen LogP contribution in [0.1, 0.15) is 23.1 Å². The smallest absolute Gasteiger partial charge is 0.0432 e. The zero-order chi connectivity index (χ0) is 13.2. The van der Waals surface area contributed by atoms with Gasteiger partial charge in [0.1, 0.15) is 0 Å². The largest absolute Gasteiger partial charge is 0.398 e. The van der Waals surface area contributed by atoms with Crippen molar-refractivity contribution in [2.75, 3.05) is 17.2 Å². The highest BCUT2D eigenvalue weighted by molar-refractivity contribution is 5.60. The molecule has 0 amide bonds. The summed E-state index contributed by atoms with van der Waals surface area (Å²) in [7, 11) is 0. The van der Waals surface area contributed by atoms with Crippen molar-refractivity contribution < 1.29 is 0 Å². The van der Waals surface area contributed by atoms with Gasteiger partial charge in [-0.25, -0.2) is 0 Å². The second-order valence-corrected chi connectivity index (χ2v) is 5.33. The van der Waals surface area contributed by atoms with Gasteiger partial charge in [-0.1, -0.05) is 30.3 Å². The highest BCUT2D eigenvalue weighted by atomic mass is 15.1. The number of hydrogen-bond donors (Lipinski definition) is 1. The number of nitrogens with two attached hydrogens (primary N) is 1. The lowest BCUT2D eigenvalue weighted by Gasteiger charge is -2.24. The van der Waals surface area contributed by atoms with Crippen LogP contribution >= 0.6 is 0 Å². The lowest BCUT2D eigenvalue weighted by molar-refractivity contribution is 0.766. The quantitative estimate of drug-likeness (QED) is 0.787. The molecule has 2 aromatic rings. The highest BCUT2D eigenvalue weighted by Crippen LogP contribution is 2.26. The minimum Gasteiger partial charge on any atom is -0.398 e. The highest BCUT2D eigenvalue weighted by Gasteiger charge is 2.14. The van der Waals surface area contributed by atoms with Crippen molar-refractivity contribution in [3.63, 3.8) is 0 Å². The summed E-state index contributed by atoms with van der Waals surface area (Å²) in [5, 5.41) is 0. The molecule has 19 heavy (non-hydrogen) atoms. The molecule has 0 unspecified atom stereocenters. The van der Waals surface area contributed by atoms with E-state index >= 15 is 0 Å². The number of anilines is 2. The van der Waals surface area contributed by atoms with E-state index in [0.717, 1.165) is 24.3 Å². The lowest BCUT2D eigenvalue weighted by Crippen LogP contribution is -2.22. The molecule has 0 fully saturated rings. The summed E-state index contributed by atoms with van der Waals surface area (Å²) < 4.78 is 0. The Hall–Kier alpha value is -1.96. The van der Waals surface area contributed by atoms with Gasteiger partial charge in [0.2, 0.25) is 0 Å². The molecule has 0 bridgehead atoms. The number of hydrogen-bond acceptors (Lipinski definition) is 2. The first-order valence-corrected chi connectivity index (χ1v) is 6.92. The summed E-state index contributed by atoms with van der Waals surface area (Å²) in [5.41, 5.74) is 12.2. The minimum atomic E-state index is 0.884. The van der Waals surface area contributed by atoms with Crippen LogP contribution in [0.3, 0.4) is 0 Å². The molecule has 0 aliphatic carbocycles. The Bertz CT molecular complexity index is 590. The first-order valence-electron chi connectivity index (χ1n) is 6.92. The van der Waals surface area contributed by atoms with Gasteiger partial charge in [-0.2, -0.15) is 0 Å². The van der Waals surface area contributed by atoms with Crippen LogP contribution in [-0.2, 0) is 13.0 Å². The van der Waals surface area contributed by atoms with E-state index in [0.29, 0.717) is 0 Å². The van der Waals surface area contributed by atoms with Crippen molar-refractivity contribution in [3.8, 4) is 0 Å². The Balaban J connectivity index is 1.92. The molecule has 2 nitrogen and oxygen atoms in total. The van der Waals surface area contributed by atoms with E-state index in [4.69, 9.17) is 5.73 Å². The first-order chi connectivity index (χ1) is 9.24. The molecular formula is C17H20N2. The number of aryl methyl sites for hydroxylation is 2. The molecule has 98 valence electrons. The first kappa shape index (κ1) is 12.1. The van der Waals surface area contributed by atoms with Crippen LogP contribution in [0.15, 0.2) is 42.5 Å². The molecule has 0 radical (unpaired) electrons. The van der Waals surface area contributed by atoms with E-state index in [-0.39, 0.29) is 0 Å². The fraction of sp³-hybridized carbons (Fsp3) is 0.294. The standard InChI is InChI=1S/C17H20N2/c1-13-8-9-16(11-17(13)18)19-10-4-7-14-5-2-3-6-15(14)12-19/h2-3,5-6,8-9,11H,4,7,10,12,18H2,1H3. The summed E-state index contributed by atoms with van der Waals surface area (Å²) in [4.78, 5) is 2.43. The molecule has 1 aliphatic rings. The summed E-state index contributed by atoms with van der Waals surface area (Å²) in [6, 6.07) is 15.2. The minimum absolute atomic E-state index is 0.884. The monoisotopic (exact) mass is 252 g/mol. The molecule has 1 heterocycles. The van der Waals surface area contributed by atoms with Gasteiger partial charge in [0.15, 0.2) is 0 Å². The van der Waals surface area contributed by atoms with E-state index in [1.807, 2.05) is 0 Å². The van der Waals surface area contributed by atoms with Crippen LogP contribution in [0.5, 0.6) is 0 Å². The lowest BCUT2D eigenvalue weighted by atomic mass is 10.0. The second kappa shape index (κ2) is 4.96. The van der Waals surface area contributed by atoms with Crippen LogP contribution < -0.4 is 10.6 Å². The summed E-state index contributed by atoms with van der Waals surface area (Å²) in [6.45, 7) is 4.13. The van der Waals surface area contributed by atoms with Crippen LogP contribution in [0, 0.1) is 6.92 Å². The Kier molecular flexibility index (Phi) is 3.16. The summed E-state index contributed by atoms with van der Waals surface area (Å²) in [6.07, 6.45) is 2.37. The molecule has 3 rings (SSSR count). The summed E-state index contributed by atoms with van der Waals surface area (Å²) in [5.74, 6) is 0. The maximum Gasteiger partial charge on any atom is 0.0432 e. The third-order valence-electron chi connectivity index (χ3n) is 3.98. The Labute approximate surface area is 114 Å². The van der Waals surface area contributed by atoms with Crippen molar-refractivity contribution in [2.45, 2.75) is 26.3 Å². The predicted octanol–water partition coefficient (Wildman–Crippen LogP) is 3.53. The van der Waals surface area contributed by atoms with Crippen molar-refractivity contribution >= 4 is 11.4 Å². The van der Waals surface area contributed by atoms with E-state index in [1.165, 1.54) is 29.7 Å². The average Bonchev–Trinajstić information content (AvgIpc) is 2.64. The number of nitrogens with zero attached hydrogens (tertiary/aromatic N) is 1. The van der Waals surface area contributed by atoms with Crippen molar-refractivity contribution in [2.24, 2.45) is 0 Å². The van der Waals surface area contributed by atoms with Gasteiger partial charge in [0.25, 0.3) is 0 Å². The fourth-order valence-corrected chi connectivity index (χ4v) is 2.75. The zero-order valence-corrected chi connectivity index (χ0v) is 11.4. The number of nitrogen functional groups attached to an aromatic ring is 1. The van der Waals surface area contributed by atoms with E-state index < -0.39 is 0 Å².